The second-order valence-corrected chi connectivity index (χ2v) is 7.14. The van der Waals surface area contributed by atoms with Gasteiger partial charge in [0, 0.05) is 6.54 Å². The van der Waals surface area contributed by atoms with Crippen molar-refractivity contribution in [3.63, 3.8) is 0 Å². The van der Waals surface area contributed by atoms with E-state index in [1.165, 1.54) is 45.0 Å². The Morgan fingerprint density at radius 1 is 1.24 bits per heavy atom. The predicted octanol–water partition coefficient (Wildman–Crippen LogP) is 2.68. The van der Waals surface area contributed by atoms with E-state index in [0.29, 0.717) is 0 Å². The first-order valence-corrected chi connectivity index (χ1v) is 9.18. The van der Waals surface area contributed by atoms with Crippen molar-refractivity contribution in [2.24, 2.45) is 5.92 Å². The maximum atomic E-state index is 11.2. The number of nitrogens with zero attached hydrogens (tertiary/aromatic N) is 1. The van der Waals surface area contributed by atoms with Crippen molar-refractivity contribution in [2.45, 2.75) is 39.7 Å². The van der Waals surface area contributed by atoms with E-state index in [9.17, 15) is 4.79 Å². The molecule has 1 aromatic carbocycles. The number of hydrogen-bond acceptors (Lipinski definition) is 5. The van der Waals surface area contributed by atoms with Crippen LogP contribution in [0.3, 0.4) is 0 Å². The molecule has 0 aliphatic carbocycles. The molecule has 0 amide bonds. The molecule has 5 nitrogen and oxygen atoms in total. The highest BCUT2D eigenvalue weighted by Crippen LogP contribution is 2.25. The fourth-order valence-electron chi connectivity index (χ4n) is 3.45. The summed E-state index contributed by atoms with van der Waals surface area (Å²) in [6, 6.07) is 4.25. The van der Waals surface area contributed by atoms with Crippen LogP contribution in [0, 0.1) is 19.8 Å². The van der Waals surface area contributed by atoms with Crippen LogP contribution in [0.5, 0.6) is 5.75 Å². The molecule has 2 rings (SSSR count). The van der Waals surface area contributed by atoms with Gasteiger partial charge in [0.1, 0.15) is 5.75 Å². The van der Waals surface area contributed by atoms with Gasteiger partial charge in [-0.15, -0.1) is 0 Å². The Bertz CT molecular complexity index is 543. The largest absolute Gasteiger partial charge is 0.481 e. The smallest absolute Gasteiger partial charge is 0.343 e. The van der Waals surface area contributed by atoms with Crippen LogP contribution in [0.15, 0.2) is 12.1 Å². The lowest BCUT2D eigenvalue weighted by molar-refractivity contribution is -0.142. The standard InChI is InChI=1S/C20H32N2O3/c1-15-11-18(12-16(2)20(15)25-14-19(23)24-4)13-21-8-5-17-6-9-22(3)10-7-17/h11-12,17,21H,5-10,13-14H2,1-4H3. The van der Waals surface area contributed by atoms with Crippen LogP contribution >= 0.6 is 0 Å². The van der Waals surface area contributed by atoms with Crippen LogP contribution in [0.2, 0.25) is 0 Å². The molecule has 25 heavy (non-hydrogen) atoms. The maximum absolute atomic E-state index is 11.2. The Morgan fingerprint density at radius 3 is 2.48 bits per heavy atom. The minimum absolute atomic E-state index is 0.0493. The molecule has 1 aliphatic heterocycles. The molecule has 0 unspecified atom stereocenters. The highest BCUT2D eigenvalue weighted by Gasteiger charge is 2.16. The molecular weight excluding hydrogens is 316 g/mol. The first kappa shape index (κ1) is 19.7. The lowest BCUT2D eigenvalue weighted by Crippen LogP contribution is -2.31. The number of benzene rings is 1. The minimum Gasteiger partial charge on any atom is -0.481 e. The van der Waals surface area contributed by atoms with Gasteiger partial charge in [0.05, 0.1) is 7.11 Å². The van der Waals surface area contributed by atoms with E-state index in [2.05, 4.69) is 34.1 Å². The van der Waals surface area contributed by atoms with Gasteiger partial charge in [-0.3, -0.25) is 0 Å². The molecule has 0 spiro atoms. The minimum atomic E-state index is -0.363. The average molecular weight is 348 g/mol. The Hall–Kier alpha value is -1.59. The van der Waals surface area contributed by atoms with Crippen LogP contribution in [0.1, 0.15) is 36.0 Å². The Balaban J connectivity index is 1.77. The van der Waals surface area contributed by atoms with Crippen LogP contribution in [-0.2, 0) is 16.1 Å². The molecule has 0 radical (unpaired) electrons. The highest BCUT2D eigenvalue weighted by molar-refractivity contribution is 5.71. The quantitative estimate of drug-likeness (QED) is 0.578. The van der Waals surface area contributed by atoms with Gasteiger partial charge in [0.25, 0.3) is 0 Å². The van der Waals surface area contributed by atoms with Gasteiger partial charge in [-0.1, -0.05) is 12.1 Å². The molecule has 1 aromatic rings. The fourth-order valence-corrected chi connectivity index (χ4v) is 3.45. The Morgan fingerprint density at radius 2 is 1.88 bits per heavy atom. The average Bonchev–Trinajstić information content (AvgIpc) is 2.59. The monoisotopic (exact) mass is 348 g/mol. The van der Waals surface area contributed by atoms with Crippen LogP contribution in [0.4, 0.5) is 0 Å². The summed E-state index contributed by atoms with van der Waals surface area (Å²) in [4.78, 5) is 13.7. The molecule has 1 N–H and O–H groups in total. The zero-order chi connectivity index (χ0) is 18.2. The van der Waals surface area contributed by atoms with Crippen molar-refractivity contribution < 1.29 is 14.3 Å². The zero-order valence-electron chi connectivity index (χ0n) is 16.1. The predicted molar refractivity (Wildman–Crippen MR) is 100.0 cm³/mol. The summed E-state index contributed by atoms with van der Waals surface area (Å²) >= 11 is 0. The number of methoxy groups -OCH3 is 1. The van der Waals surface area contributed by atoms with Gasteiger partial charge in [-0.25, -0.2) is 4.79 Å². The third kappa shape index (κ3) is 6.33. The summed E-state index contributed by atoms with van der Waals surface area (Å²) in [7, 11) is 3.57. The maximum Gasteiger partial charge on any atom is 0.343 e. The lowest BCUT2D eigenvalue weighted by Gasteiger charge is -2.28. The van der Waals surface area contributed by atoms with E-state index in [1.807, 2.05) is 13.8 Å². The number of aryl methyl sites for hydroxylation is 2. The van der Waals surface area contributed by atoms with Gasteiger partial charge in [-0.05, 0) is 82.4 Å². The number of piperidine rings is 1. The van der Waals surface area contributed by atoms with E-state index < -0.39 is 0 Å². The number of nitrogens with one attached hydrogen (secondary N) is 1. The van der Waals surface area contributed by atoms with Crippen molar-refractivity contribution in [2.75, 3.05) is 40.4 Å². The SMILES string of the molecule is COC(=O)COc1c(C)cc(CNCCC2CCN(C)CC2)cc1C. The molecule has 0 saturated carbocycles. The second kappa shape index (κ2) is 9.78. The van der Waals surface area contributed by atoms with Crippen molar-refractivity contribution in [1.82, 2.24) is 10.2 Å². The van der Waals surface area contributed by atoms with E-state index in [4.69, 9.17) is 4.74 Å². The Kier molecular flexibility index (Phi) is 7.72. The number of esters is 1. The molecule has 1 fully saturated rings. The van der Waals surface area contributed by atoms with Crippen molar-refractivity contribution in [3.8, 4) is 5.75 Å². The van der Waals surface area contributed by atoms with Crippen molar-refractivity contribution in [3.05, 3.63) is 28.8 Å². The number of carbonyl (C=O) groups is 1. The molecule has 0 aromatic heterocycles. The number of carbonyl (C=O) groups excluding carboxylic acids is 1. The zero-order valence-corrected chi connectivity index (χ0v) is 16.1. The number of ether oxygens (including phenoxy) is 2. The van der Waals surface area contributed by atoms with E-state index in [1.54, 1.807) is 0 Å². The van der Waals surface area contributed by atoms with Crippen LogP contribution in [-0.4, -0.2) is 51.3 Å². The highest BCUT2D eigenvalue weighted by atomic mass is 16.6. The van der Waals surface area contributed by atoms with Gasteiger partial charge in [0.2, 0.25) is 0 Å². The summed E-state index contributed by atoms with van der Waals surface area (Å²) in [5, 5.41) is 3.56. The van der Waals surface area contributed by atoms with Gasteiger partial charge >= 0.3 is 5.97 Å². The van der Waals surface area contributed by atoms with E-state index >= 15 is 0 Å². The normalized spacial score (nSPS) is 16.0. The number of hydrogen-bond donors (Lipinski definition) is 1. The number of likely N-dealkylation sites (tertiary alicyclic amines) is 1. The molecule has 0 atom stereocenters. The summed E-state index contributed by atoms with van der Waals surface area (Å²) < 4.78 is 10.2. The first-order valence-electron chi connectivity index (χ1n) is 9.18. The third-order valence-electron chi connectivity index (χ3n) is 4.98. The summed E-state index contributed by atoms with van der Waals surface area (Å²) in [5.41, 5.74) is 3.36. The first-order chi connectivity index (χ1) is 12.0. The van der Waals surface area contributed by atoms with Crippen molar-refractivity contribution >= 4 is 5.97 Å². The molecule has 1 heterocycles. The van der Waals surface area contributed by atoms with Crippen LogP contribution in [0.25, 0.3) is 0 Å². The summed E-state index contributed by atoms with van der Waals surface area (Å²) in [6.45, 7) is 8.38. The van der Waals surface area contributed by atoms with Gasteiger partial charge in [0.15, 0.2) is 6.61 Å². The fraction of sp³-hybridized carbons (Fsp3) is 0.650. The Labute approximate surface area is 151 Å². The third-order valence-corrected chi connectivity index (χ3v) is 4.98. The van der Waals surface area contributed by atoms with Gasteiger partial charge in [-0.2, -0.15) is 0 Å². The molecule has 1 aliphatic rings. The topological polar surface area (TPSA) is 50.8 Å². The lowest BCUT2D eigenvalue weighted by atomic mass is 9.94. The van der Waals surface area contributed by atoms with Gasteiger partial charge < -0.3 is 19.7 Å². The van der Waals surface area contributed by atoms with E-state index in [0.717, 1.165) is 35.9 Å². The molecule has 0 bridgehead atoms. The molecule has 140 valence electrons. The summed E-state index contributed by atoms with van der Waals surface area (Å²) in [5.74, 6) is 1.28. The van der Waals surface area contributed by atoms with E-state index in [-0.39, 0.29) is 12.6 Å². The van der Waals surface area contributed by atoms with Crippen molar-refractivity contribution in [1.29, 1.82) is 0 Å². The van der Waals surface area contributed by atoms with Crippen LogP contribution < -0.4 is 10.1 Å². The molecule has 5 heteroatoms. The summed E-state index contributed by atoms with van der Waals surface area (Å²) in [6.07, 6.45) is 3.90. The molecular formula is C20H32N2O3. The number of rotatable bonds is 8. The second-order valence-electron chi connectivity index (χ2n) is 7.14. The molecule has 1 saturated heterocycles.